The molecule has 0 aromatic rings. The average molecular weight is 222 g/mol. The van der Waals surface area contributed by atoms with Crippen LogP contribution in [0.25, 0.3) is 0 Å². The molecule has 1 aliphatic carbocycles. The number of hydrogen-bond acceptors (Lipinski definition) is 2. The maximum Gasteiger partial charge on any atom is 0.155 e. The highest BCUT2D eigenvalue weighted by atomic mass is 16.1. The molecular weight excluding hydrogens is 200 g/mol. The molecule has 0 radical (unpaired) electrons. The van der Waals surface area contributed by atoms with Gasteiger partial charge in [0.2, 0.25) is 0 Å². The van der Waals surface area contributed by atoms with Gasteiger partial charge in [-0.1, -0.05) is 38.5 Å². The van der Waals surface area contributed by atoms with Gasteiger partial charge in [-0.3, -0.25) is 9.59 Å². The van der Waals surface area contributed by atoms with Crippen molar-refractivity contribution >= 4 is 11.6 Å². The van der Waals surface area contributed by atoms with Gasteiger partial charge >= 0.3 is 0 Å². The molecule has 0 saturated heterocycles. The van der Waals surface area contributed by atoms with Gasteiger partial charge in [0.15, 0.2) is 11.6 Å². The molecule has 0 fully saturated rings. The minimum absolute atomic E-state index is 0.102. The fourth-order valence-electron chi connectivity index (χ4n) is 2.01. The van der Waals surface area contributed by atoms with E-state index in [1.165, 1.54) is 37.8 Å². The van der Waals surface area contributed by atoms with Crippen LogP contribution in [-0.2, 0) is 9.59 Å². The molecular formula is C14H22O2. The quantitative estimate of drug-likeness (QED) is 0.627. The van der Waals surface area contributed by atoms with E-state index in [4.69, 9.17) is 0 Å². The molecule has 2 nitrogen and oxygen atoms in total. The number of carbonyl (C=O) groups is 2. The SMILES string of the molecule is O=C1/C=C\C(=O)CCCCCCCCCC1. The van der Waals surface area contributed by atoms with Crippen LogP contribution in [0.4, 0.5) is 0 Å². The fourth-order valence-corrected chi connectivity index (χ4v) is 2.01. The lowest BCUT2D eigenvalue weighted by molar-refractivity contribution is -0.116. The molecule has 1 aliphatic rings. The predicted octanol–water partition coefficient (Wildman–Crippen LogP) is 3.60. The summed E-state index contributed by atoms with van der Waals surface area (Å²) in [4.78, 5) is 22.7. The lowest BCUT2D eigenvalue weighted by Gasteiger charge is -2.02. The number of carbonyl (C=O) groups excluding carboxylic acids is 2. The Hall–Kier alpha value is -0.920. The van der Waals surface area contributed by atoms with Crippen molar-refractivity contribution in [3.8, 4) is 0 Å². The third kappa shape index (κ3) is 6.54. The summed E-state index contributed by atoms with van der Waals surface area (Å²) in [7, 11) is 0. The molecule has 1 rings (SSSR count). The van der Waals surface area contributed by atoms with Crippen molar-refractivity contribution in [2.24, 2.45) is 0 Å². The summed E-state index contributed by atoms with van der Waals surface area (Å²) in [5.41, 5.74) is 0. The smallest absolute Gasteiger partial charge is 0.155 e. The first-order valence-corrected chi connectivity index (χ1v) is 6.53. The highest BCUT2D eigenvalue weighted by Crippen LogP contribution is 2.12. The topological polar surface area (TPSA) is 34.1 Å². The van der Waals surface area contributed by atoms with Crippen LogP contribution in [0.5, 0.6) is 0 Å². The van der Waals surface area contributed by atoms with Gasteiger partial charge in [-0.05, 0) is 25.0 Å². The summed E-state index contributed by atoms with van der Waals surface area (Å²) in [6, 6.07) is 0. The van der Waals surface area contributed by atoms with Gasteiger partial charge in [-0.15, -0.1) is 0 Å². The van der Waals surface area contributed by atoms with Gasteiger partial charge in [0.05, 0.1) is 0 Å². The van der Waals surface area contributed by atoms with Gasteiger partial charge in [-0.25, -0.2) is 0 Å². The predicted molar refractivity (Wildman–Crippen MR) is 65.3 cm³/mol. The number of hydrogen-bond donors (Lipinski definition) is 0. The molecule has 0 aliphatic heterocycles. The van der Waals surface area contributed by atoms with Crippen LogP contribution in [0.15, 0.2) is 12.2 Å². The molecule has 90 valence electrons. The summed E-state index contributed by atoms with van der Waals surface area (Å²) < 4.78 is 0. The van der Waals surface area contributed by atoms with E-state index in [0.29, 0.717) is 12.8 Å². The second kappa shape index (κ2) is 8.26. The molecule has 16 heavy (non-hydrogen) atoms. The van der Waals surface area contributed by atoms with E-state index in [0.717, 1.165) is 25.7 Å². The van der Waals surface area contributed by atoms with E-state index in [1.54, 1.807) is 0 Å². The van der Waals surface area contributed by atoms with E-state index < -0.39 is 0 Å². The Morgan fingerprint density at radius 2 is 0.875 bits per heavy atom. The number of ketones is 2. The van der Waals surface area contributed by atoms with Crippen LogP contribution in [0.2, 0.25) is 0 Å². The molecule has 2 heteroatoms. The molecule has 0 N–H and O–H groups in total. The van der Waals surface area contributed by atoms with Gasteiger partial charge < -0.3 is 0 Å². The molecule has 0 aromatic carbocycles. The average Bonchev–Trinajstić information content (AvgIpc) is 2.28. The first kappa shape index (κ1) is 13.1. The molecule has 0 unspecified atom stereocenters. The van der Waals surface area contributed by atoms with E-state index in [1.807, 2.05) is 0 Å². The highest BCUT2D eigenvalue weighted by molar-refractivity contribution is 5.98. The number of allylic oxidation sites excluding steroid dienone is 2. The summed E-state index contributed by atoms with van der Waals surface area (Å²) in [5, 5.41) is 0. The normalized spacial score (nSPS) is 23.8. The van der Waals surface area contributed by atoms with Crippen molar-refractivity contribution in [3.05, 3.63) is 12.2 Å². The first-order valence-electron chi connectivity index (χ1n) is 6.53. The zero-order valence-corrected chi connectivity index (χ0v) is 10.0. The first-order chi connectivity index (χ1) is 7.79. The van der Waals surface area contributed by atoms with Gasteiger partial charge in [-0.2, -0.15) is 0 Å². The minimum atomic E-state index is 0.102. The van der Waals surface area contributed by atoms with Crippen LogP contribution in [0, 0.1) is 0 Å². The van der Waals surface area contributed by atoms with Crippen molar-refractivity contribution < 1.29 is 9.59 Å². The second-order valence-electron chi connectivity index (χ2n) is 4.59. The molecule has 0 heterocycles. The van der Waals surface area contributed by atoms with E-state index in [9.17, 15) is 9.59 Å². The van der Waals surface area contributed by atoms with Crippen LogP contribution < -0.4 is 0 Å². The van der Waals surface area contributed by atoms with Crippen molar-refractivity contribution in [2.45, 2.75) is 64.2 Å². The highest BCUT2D eigenvalue weighted by Gasteiger charge is 2.02. The zero-order valence-electron chi connectivity index (χ0n) is 10.0. The standard InChI is InChI=1S/C14H22O2/c15-13-9-7-5-3-1-2-4-6-8-10-14(16)12-11-13/h11-12H,1-10H2/b12-11-. The monoisotopic (exact) mass is 222 g/mol. The Balaban J connectivity index is 2.37. The summed E-state index contributed by atoms with van der Waals surface area (Å²) >= 11 is 0. The largest absolute Gasteiger partial charge is 0.295 e. The van der Waals surface area contributed by atoms with Crippen molar-refractivity contribution in [1.82, 2.24) is 0 Å². The Morgan fingerprint density at radius 1 is 0.562 bits per heavy atom. The summed E-state index contributed by atoms with van der Waals surface area (Å²) in [6.45, 7) is 0. The lowest BCUT2D eigenvalue weighted by Crippen LogP contribution is -1.98. The molecule has 0 aromatic heterocycles. The molecule has 0 amide bonds. The third-order valence-electron chi connectivity index (χ3n) is 3.05. The second-order valence-corrected chi connectivity index (χ2v) is 4.59. The zero-order chi connectivity index (χ0) is 11.6. The van der Waals surface area contributed by atoms with Crippen LogP contribution in [0.1, 0.15) is 64.2 Å². The number of rotatable bonds is 0. The minimum Gasteiger partial charge on any atom is -0.295 e. The fraction of sp³-hybridized carbons (Fsp3) is 0.714. The van der Waals surface area contributed by atoms with Crippen LogP contribution in [0.3, 0.4) is 0 Å². The van der Waals surface area contributed by atoms with E-state index in [-0.39, 0.29) is 11.6 Å². The molecule has 0 saturated carbocycles. The maximum absolute atomic E-state index is 11.4. The van der Waals surface area contributed by atoms with Gasteiger partial charge in [0.25, 0.3) is 0 Å². The third-order valence-corrected chi connectivity index (χ3v) is 3.05. The van der Waals surface area contributed by atoms with Crippen LogP contribution in [-0.4, -0.2) is 11.6 Å². The van der Waals surface area contributed by atoms with E-state index >= 15 is 0 Å². The van der Waals surface area contributed by atoms with Gasteiger partial charge in [0.1, 0.15) is 0 Å². The summed E-state index contributed by atoms with van der Waals surface area (Å²) in [6.07, 6.45) is 13.4. The molecule has 0 bridgehead atoms. The Labute approximate surface area is 98.1 Å². The molecule has 0 spiro atoms. The lowest BCUT2D eigenvalue weighted by atomic mass is 10.0. The van der Waals surface area contributed by atoms with Gasteiger partial charge in [0, 0.05) is 12.8 Å². The Kier molecular flexibility index (Phi) is 6.78. The summed E-state index contributed by atoms with van der Waals surface area (Å²) in [5.74, 6) is 0.204. The van der Waals surface area contributed by atoms with Crippen LogP contribution >= 0.6 is 0 Å². The van der Waals surface area contributed by atoms with Crippen molar-refractivity contribution in [3.63, 3.8) is 0 Å². The van der Waals surface area contributed by atoms with E-state index in [2.05, 4.69) is 0 Å². The van der Waals surface area contributed by atoms with Crippen molar-refractivity contribution in [1.29, 1.82) is 0 Å². The van der Waals surface area contributed by atoms with Crippen molar-refractivity contribution in [2.75, 3.05) is 0 Å². The molecule has 0 atom stereocenters. The maximum atomic E-state index is 11.4. The Morgan fingerprint density at radius 3 is 1.25 bits per heavy atom. The Bertz CT molecular complexity index is 227.